The second-order valence-corrected chi connectivity index (χ2v) is 3.56. The molecule has 1 aliphatic heterocycles. The molecule has 1 aliphatic rings. The Hall–Kier alpha value is -1.17. The first kappa shape index (κ1) is 9.39. The summed E-state index contributed by atoms with van der Waals surface area (Å²) in [6, 6.07) is 3.88. The van der Waals surface area contributed by atoms with E-state index in [0.717, 1.165) is 18.9 Å². The van der Waals surface area contributed by atoms with E-state index in [9.17, 15) is 0 Å². The van der Waals surface area contributed by atoms with Crippen molar-refractivity contribution in [3.05, 3.63) is 23.9 Å². The van der Waals surface area contributed by atoms with E-state index in [2.05, 4.69) is 9.88 Å². The van der Waals surface area contributed by atoms with Gasteiger partial charge in [-0.25, -0.2) is 4.98 Å². The van der Waals surface area contributed by atoms with Crippen LogP contribution in [0.5, 0.6) is 0 Å². The number of hydrogen-bond donors (Lipinski definition) is 3. The fourth-order valence-electron chi connectivity index (χ4n) is 1.46. The van der Waals surface area contributed by atoms with Crippen LogP contribution < -0.4 is 16.4 Å². The molecule has 1 aromatic heterocycles. The van der Waals surface area contributed by atoms with Crippen LogP contribution in [0.3, 0.4) is 0 Å². The van der Waals surface area contributed by atoms with Gasteiger partial charge in [0.05, 0.1) is 0 Å². The number of rotatable bonds is 2. The summed E-state index contributed by atoms with van der Waals surface area (Å²) in [5.74, 6) is 0.885. The third-order valence-electron chi connectivity index (χ3n) is 2.35. The van der Waals surface area contributed by atoms with Crippen LogP contribution in [0.1, 0.15) is 11.8 Å². The first-order valence-corrected chi connectivity index (χ1v) is 4.57. The van der Waals surface area contributed by atoms with Gasteiger partial charge in [-0.15, -0.1) is 0 Å². The van der Waals surface area contributed by atoms with Crippen molar-refractivity contribution in [3.63, 3.8) is 0 Å². The minimum absolute atomic E-state index is 0.261. The van der Waals surface area contributed by atoms with E-state index < -0.39 is 6.23 Å². The van der Waals surface area contributed by atoms with E-state index in [1.54, 1.807) is 12.3 Å². The van der Waals surface area contributed by atoms with Gasteiger partial charge in [0, 0.05) is 30.9 Å². The first-order valence-electron chi connectivity index (χ1n) is 4.57. The van der Waals surface area contributed by atoms with E-state index in [1.165, 1.54) is 0 Å². The van der Waals surface area contributed by atoms with Crippen LogP contribution in [0.2, 0.25) is 0 Å². The number of hydrogen-bond acceptors (Lipinski definition) is 5. The zero-order valence-corrected chi connectivity index (χ0v) is 7.80. The molecule has 5 heteroatoms. The van der Waals surface area contributed by atoms with Crippen LogP contribution >= 0.6 is 0 Å². The number of anilines is 1. The number of pyridine rings is 1. The fraction of sp³-hybridized carbons (Fsp3) is 0.444. The van der Waals surface area contributed by atoms with Crippen LogP contribution in [-0.2, 0) is 0 Å². The Balaban J connectivity index is 2.07. The summed E-state index contributed by atoms with van der Waals surface area (Å²) in [6.07, 6.45) is 0.638. The lowest BCUT2D eigenvalue weighted by Crippen LogP contribution is -2.56. The Bertz CT molecular complexity index is 305. The minimum Gasteiger partial charge on any atom is -0.374 e. The molecule has 1 atom stereocenters. The number of aliphatic hydroxyl groups excluding tert-OH is 1. The Labute approximate surface area is 82.3 Å². The molecule has 0 radical (unpaired) electrons. The molecule has 2 rings (SSSR count). The molecule has 2 heterocycles. The topological polar surface area (TPSA) is 88.4 Å². The zero-order chi connectivity index (χ0) is 10.1. The van der Waals surface area contributed by atoms with Gasteiger partial charge in [0.15, 0.2) is 0 Å². The minimum atomic E-state index is -0.949. The van der Waals surface area contributed by atoms with Crippen molar-refractivity contribution < 1.29 is 5.11 Å². The molecular weight excluding hydrogens is 180 g/mol. The smallest absolute Gasteiger partial charge is 0.130 e. The zero-order valence-electron chi connectivity index (χ0n) is 7.80. The molecule has 0 spiro atoms. The van der Waals surface area contributed by atoms with E-state index in [-0.39, 0.29) is 6.04 Å². The highest BCUT2D eigenvalue weighted by atomic mass is 16.3. The van der Waals surface area contributed by atoms with Crippen molar-refractivity contribution in [2.45, 2.75) is 12.3 Å². The SMILES string of the molecule is NC1CN(c2ccc(C(N)O)cn2)C1. The predicted molar refractivity (Wildman–Crippen MR) is 53.6 cm³/mol. The lowest BCUT2D eigenvalue weighted by Gasteiger charge is -2.37. The number of nitrogens with zero attached hydrogens (tertiary/aromatic N) is 2. The first-order chi connectivity index (χ1) is 6.66. The lowest BCUT2D eigenvalue weighted by molar-refractivity contribution is 0.186. The maximum absolute atomic E-state index is 9.07. The maximum atomic E-state index is 9.07. The third-order valence-corrected chi connectivity index (χ3v) is 2.35. The monoisotopic (exact) mass is 194 g/mol. The summed E-state index contributed by atoms with van der Waals surface area (Å²) in [5.41, 5.74) is 11.6. The second kappa shape index (κ2) is 3.53. The number of aromatic nitrogens is 1. The molecule has 5 nitrogen and oxygen atoms in total. The van der Waals surface area contributed by atoms with E-state index >= 15 is 0 Å². The van der Waals surface area contributed by atoms with Crippen LogP contribution in [0, 0.1) is 0 Å². The largest absolute Gasteiger partial charge is 0.374 e. The van der Waals surface area contributed by atoms with Crippen molar-refractivity contribution in [1.29, 1.82) is 0 Å². The van der Waals surface area contributed by atoms with Crippen LogP contribution in [-0.4, -0.2) is 29.2 Å². The number of aliphatic hydroxyl groups is 1. The highest BCUT2D eigenvalue weighted by Gasteiger charge is 2.23. The van der Waals surface area contributed by atoms with Gasteiger partial charge in [-0.1, -0.05) is 0 Å². The summed E-state index contributed by atoms with van der Waals surface area (Å²) in [7, 11) is 0. The summed E-state index contributed by atoms with van der Waals surface area (Å²) >= 11 is 0. The summed E-state index contributed by atoms with van der Waals surface area (Å²) in [4.78, 5) is 6.27. The molecule has 0 saturated carbocycles. The summed E-state index contributed by atoms with van der Waals surface area (Å²) in [5, 5.41) is 9.07. The van der Waals surface area contributed by atoms with Crippen LogP contribution in [0.4, 0.5) is 5.82 Å². The van der Waals surface area contributed by atoms with Gasteiger partial charge < -0.3 is 21.5 Å². The van der Waals surface area contributed by atoms with Crippen molar-refractivity contribution in [1.82, 2.24) is 4.98 Å². The van der Waals surface area contributed by atoms with Gasteiger partial charge in [0.25, 0.3) is 0 Å². The molecule has 0 bridgehead atoms. The molecule has 14 heavy (non-hydrogen) atoms. The maximum Gasteiger partial charge on any atom is 0.130 e. The number of nitrogens with two attached hydrogens (primary N) is 2. The normalized spacial score (nSPS) is 19.2. The second-order valence-electron chi connectivity index (χ2n) is 3.56. The standard InChI is InChI=1S/C9H14N4O/c10-7-4-13(5-7)8-2-1-6(3-12-8)9(11)14/h1-3,7,9,14H,4-5,10-11H2. The van der Waals surface area contributed by atoms with E-state index in [4.69, 9.17) is 16.6 Å². The van der Waals surface area contributed by atoms with Gasteiger partial charge in [-0.05, 0) is 12.1 Å². The molecule has 1 aromatic rings. The van der Waals surface area contributed by atoms with E-state index in [0.29, 0.717) is 5.56 Å². The molecular formula is C9H14N4O. The molecule has 1 unspecified atom stereocenters. The highest BCUT2D eigenvalue weighted by molar-refractivity contribution is 5.43. The molecule has 1 saturated heterocycles. The van der Waals surface area contributed by atoms with E-state index in [1.807, 2.05) is 6.07 Å². The van der Waals surface area contributed by atoms with Crippen molar-refractivity contribution in [3.8, 4) is 0 Å². The summed E-state index contributed by atoms with van der Waals surface area (Å²) < 4.78 is 0. The summed E-state index contributed by atoms with van der Waals surface area (Å²) in [6.45, 7) is 1.69. The Morgan fingerprint density at radius 3 is 2.64 bits per heavy atom. The van der Waals surface area contributed by atoms with Gasteiger partial charge in [0.2, 0.25) is 0 Å². The predicted octanol–water partition coefficient (Wildman–Crippen LogP) is -0.822. The third kappa shape index (κ3) is 1.70. The van der Waals surface area contributed by atoms with Gasteiger partial charge >= 0.3 is 0 Å². The highest BCUT2D eigenvalue weighted by Crippen LogP contribution is 2.18. The van der Waals surface area contributed by atoms with Gasteiger partial charge in [-0.3, -0.25) is 0 Å². The molecule has 0 amide bonds. The fourth-order valence-corrected chi connectivity index (χ4v) is 1.46. The average Bonchev–Trinajstić information content (AvgIpc) is 2.13. The molecule has 5 N–H and O–H groups in total. The molecule has 76 valence electrons. The Morgan fingerprint density at radius 1 is 1.50 bits per heavy atom. The molecule has 1 fully saturated rings. The van der Waals surface area contributed by atoms with Crippen molar-refractivity contribution in [2.24, 2.45) is 11.5 Å². The van der Waals surface area contributed by atoms with Gasteiger partial charge in [0.1, 0.15) is 12.0 Å². The molecule has 0 aliphatic carbocycles. The Kier molecular flexibility index (Phi) is 2.37. The van der Waals surface area contributed by atoms with Crippen molar-refractivity contribution in [2.75, 3.05) is 18.0 Å². The van der Waals surface area contributed by atoms with Crippen molar-refractivity contribution >= 4 is 5.82 Å². The quantitative estimate of drug-likeness (QED) is 0.535. The average molecular weight is 194 g/mol. The van der Waals surface area contributed by atoms with Crippen LogP contribution in [0.25, 0.3) is 0 Å². The Morgan fingerprint density at radius 2 is 2.21 bits per heavy atom. The van der Waals surface area contributed by atoms with Crippen LogP contribution in [0.15, 0.2) is 18.3 Å². The van der Waals surface area contributed by atoms with Gasteiger partial charge in [-0.2, -0.15) is 0 Å². The molecule has 0 aromatic carbocycles. The lowest BCUT2D eigenvalue weighted by atomic mass is 10.1.